The van der Waals surface area contributed by atoms with Crippen molar-refractivity contribution in [2.24, 2.45) is 0 Å². The number of likely N-dealkylation sites (tertiary alicyclic amines) is 1. The first-order chi connectivity index (χ1) is 9.66. The van der Waals surface area contributed by atoms with Gasteiger partial charge in [-0.3, -0.25) is 0 Å². The number of carboxylic acids is 1. The SMILES string of the molecule is Cc1cccc2c(C(=O)O)cn(CCN3CCCC3)c12. The van der Waals surface area contributed by atoms with Crippen molar-refractivity contribution in [2.75, 3.05) is 19.6 Å². The Hall–Kier alpha value is -1.81. The van der Waals surface area contributed by atoms with Crippen molar-refractivity contribution in [1.29, 1.82) is 0 Å². The van der Waals surface area contributed by atoms with Crippen molar-refractivity contribution in [3.05, 3.63) is 35.5 Å². The molecule has 1 N–H and O–H groups in total. The Balaban J connectivity index is 1.94. The van der Waals surface area contributed by atoms with Gasteiger partial charge in [-0.2, -0.15) is 0 Å². The van der Waals surface area contributed by atoms with Crippen LogP contribution in [0.1, 0.15) is 28.8 Å². The molecule has 0 spiro atoms. The van der Waals surface area contributed by atoms with E-state index in [1.807, 2.05) is 25.1 Å². The van der Waals surface area contributed by atoms with E-state index in [9.17, 15) is 9.90 Å². The molecule has 1 aromatic carbocycles. The van der Waals surface area contributed by atoms with Gasteiger partial charge in [0, 0.05) is 24.7 Å². The van der Waals surface area contributed by atoms with Gasteiger partial charge in [-0.15, -0.1) is 0 Å². The van der Waals surface area contributed by atoms with E-state index in [2.05, 4.69) is 9.47 Å². The smallest absolute Gasteiger partial charge is 0.337 e. The Morgan fingerprint density at radius 1 is 1.25 bits per heavy atom. The molecular formula is C16H20N2O2. The summed E-state index contributed by atoms with van der Waals surface area (Å²) in [5.74, 6) is -0.847. The summed E-state index contributed by atoms with van der Waals surface area (Å²) in [4.78, 5) is 13.8. The van der Waals surface area contributed by atoms with Crippen LogP contribution in [0.25, 0.3) is 10.9 Å². The molecule has 1 aliphatic heterocycles. The van der Waals surface area contributed by atoms with Crippen LogP contribution in [-0.2, 0) is 6.54 Å². The predicted molar refractivity (Wildman–Crippen MR) is 79.3 cm³/mol. The molecule has 0 radical (unpaired) electrons. The highest BCUT2D eigenvalue weighted by molar-refractivity contribution is 6.04. The molecule has 2 heterocycles. The summed E-state index contributed by atoms with van der Waals surface area (Å²) >= 11 is 0. The maximum absolute atomic E-state index is 11.4. The van der Waals surface area contributed by atoms with Crippen LogP contribution in [-0.4, -0.2) is 40.2 Å². The molecule has 4 nitrogen and oxygen atoms in total. The van der Waals surface area contributed by atoms with Crippen LogP contribution in [0, 0.1) is 6.92 Å². The van der Waals surface area contributed by atoms with E-state index in [1.165, 1.54) is 25.9 Å². The molecule has 4 heteroatoms. The van der Waals surface area contributed by atoms with Crippen LogP contribution < -0.4 is 0 Å². The van der Waals surface area contributed by atoms with Crippen molar-refractivity contribution < 1.29 is 9.90 Å². The largest absolute Gasteiger partial charge is 0.478 e. The molecule has 0 unspecified atom stereocenters. The highest BCUT2D eigenvalue weighted by atomic mass is 16.4. The number of carbonyl (C=O) groups is 1. The number of benzene rings is 1. The van der Waals surface area contributed by atoms with Crippen LogP contribution in [0.3, 0.4) is 0 Å². The summed E-state index contributed by atoms with van der Waals surface area (Å²) in [5, 5.41) is 10.2. The van der Waals surface area contributed by atoms with Gasteiger partial charge in [-0.05, 0) is 38.4 Å². The van der Waals surface area contributed by atoms with Crippen LogP contribution in [0.5, 0.6) is 0 Å². The minimum Gasteiger partial charge on any atom is -0.478 e. The first kappa shape index (κ1) is 13.2. The van der Waals surface area contributed by atoms with E-state index >= 15 is 0 Å². The summed E-state index contributed by atoms with van der Waals surface area (Å²) in [6.45, 7) is 6.24. The lowest BCUT2D eigenvalue weighted by molar-refractivity contribution is 0.0698. The Labute approximate surface area is 118 Å². The number of para-hydroxylation sites is 1. The highest BCUT2D eigenvalue weighted by Gasteiger charge is 2.16. The lowest BCUT2D eigenvalue weighted by Gasteiger charge is -2.15. The summed E-state index contributed by atoms with van der Waals surface area (Å²) < 4.78 is 2.10. The van der Waals surface area contributed by atoms with E-state index in [4.69, 9.17) is 0 Å². The first-order valence-corrected chi connectivity index (χ1v) is 7.21. The summed E-state index contributed by atoms with van der Waals surface area (Å²) in [6, 6.07) is 5.87. The highest BCUT2D eigenvalue weighted by Crippen LogP contribution is 2.24. The van der Waals surface area contributed by atoms with Crippen molar-refractivity contribution in [1.82, 2.24) is 9.47 Å². The zero-order valence-corrected chi connectivity index (χ0v) is 11.8. The van der Waals surface area contributed by atoms with E-state index in [1.54, 1.807) is 6.20 Å². The second-order valence-electron chi connectivity index (χ2n) is 5.56. The van der Waals surface area contributed by atoms with Crippen LogP contribution >= 0.6 is 0 Å². The molecule has 0 bridgehead atoms. The lowest BCUT2D eigenvalue weighted by atomic mass is 10.1. The van der Waals surface area contributed by atoms with Crippen LogP contribution in [0.15, 0.2) is 24.4 Å². The number of fused-ring (bicyclic) bond motifs is 1. The van der Waals surface area contributed by atoms with Crippen molar-refractivity contribution in [3.8, 4) is 0 Å². The molecule has 2 aromatic rings. The molecule has 20 heavy (non-hydrogen) atoms. The van der Waals surface area contributed by atoms with E-state index in [0.29, 0.717) is 5.56 Å². The maximum atomic E-state index is 11.4. The average Bonchev–Trinajstić information content (AvgIpc) is 3.04. The third kappa shape index (κ3) is 2.31. The molecule has 3 rings (SSSR count). The number of aromatic carboxylic acids is 1. The Kier molecular flexibility index (Phi) is 3.49. The molecular weight excluding hydrogens is 252 g/mol. The standard InChI is InChI=1S/C16H20N2O2/c1-12-5-4-6-13-14(16(19)20)11-18(15(12)13)10-9-17-7-2-3-8-17/h4-6,11H,2-3,7-10H2,1H3,(H,19,20). The number of hydrogen-bond acceptors (Lipinski definition) is 2. The molecule has 0 saturated carbocycles. The molecule has 0 amide bonds. The van der Waals surface area contributed by atoms with E-state index in [0.717, 1.165) is 29.6 Å². The van der Waals surface area contributed by atoms with E-state index < -0.39 is 5.97 Å². The third-order valence-electron chi connectivity index (χ3n) is 4.19. The number of carboxylic acid groups (broad SMARTS) is 1. The lowest BCUT2D eigenvalue weighted by Crippen LogP contribution is -2.23. The number of rotatable bonds is 4. The topological polar surface area (TPSA) is 45.5 Å². The van der Waals surface area contributed by atoms with Gasteiger partial charge in [0.05, 0.1) is 11.1 Å². The zero-order chi connectivity index (χ0) is 14.1. The van der Waals surface area contributed by atoms with E-state index in [-0.39, 0.29) is 0 Å². The summed E-state index contributed by atoms with van der Waals surface area (Å²) in [5.41, 5.74) is 2.60. The minimum atomic E-state index is -0.847. The first-order valence-electron chi connectivity index (χ1n) is 7.21. The van der Waals surface area contributed by atoms with Gasteiger partial charge in [0.1, 0.15) is 0 Å². The summed E-state index contributed by atoms with van der Waals surface area (Å²) in [7, 11) is 0. The molecule has 1 aromatic heterocycles. The number of nitrogens with zero attached hydrogens (tertiary/aromatic N) is 2. The molecule has 0 atom stereocenters. The third-order valence-corrected chi connectivity index (χ3v) is 4.19. The quantitative estimate of drug-likeness (QED) is 0.931. The maximum Gasteiger partial charge on any atom is 0.337 e. The fraction of sp³-hybridized carbons (Fsp3) is 0.438. The minimum absolute atomic E-state index is 0.408. The second-order valence-corrected chi connectivity index (χ2v) is 5.56. The van der Waals surface area contributed by atoms with Gasteiger partial charge in [0.15, 0.2) is 0 Å². The molecule has 1 fully saturated rings. The molecule has 1 aliphatic rings. The van der Waals surface area contributed by atoms with Crippen molar-refractivity contribution >= 4 is 16.9 Å². The normalized spacial score (nSPS) is 16.1. The number of aryl methyl sites for hydroxylation is 1. The van der Waals surface area contributed by atoms with Gasteiger partial charge >= 0.3 is 5.97 Å². The molecule has 0 aliphatic carbocycles. The Morgan fingerprint density at radius 3 is 2.70 bits per heavy atom. The number of hydrogen-bond donors (Lipinski definition) is 1. The Morgan fingerprint density at radius 2 is 2.00 bits per heavy atom. The monoisotopic (exact) mass is 272 g/mol. The number of aromatic nitrogens is 1. The fourth-order valence-corrected chi connectivity index (χ4v) is 3.15. The second kappa shape index (κ2) is 5.29. The van der Waals surface area contributed by atoms with Crippen molar-refractivity contribution in [2.45, 2.75) is 26.3 Å². The van der Waals surface area contributed by atoms with Crippen LogP contribution in [0.4, 0.5) is 0 Å². The van der Waals surface area contributed by atoms with Gasteiger partial charge in [0.2, 0.25) is 0 Å². The fourth-order valence-electron chi connectivity index (χ4n) is 3.15. The van der Waals surface area contributed by atoms with Gasteiger partial charge in [-0.1, -0.05) is 18.2 Å². The average molecular weight is 272 g/mol. The van der Waals surface area contributed by atoms with Gasteiger partial charge in [-0.25, -0.2) is 4.79 Å². The Bertz CT molecular complexity index is 639. The molecule has 106 valence electrons. The predicted octanol–water partition coefficient (Wildman–Crippen LogP) is 2.74. The van der Waals surface area contributed by atoms with Gasteiger partial charge in [0.25, 0.3) is 0 Å². The molecule has 1 saturated heterocycles. The van der Waals surface area contributed by atoms with Gasteiger partial charge < -0.3 is 14.6 Å². The van der Waals surface area contributed by atoms with Crippen LogP contribution in [0.2, 0.25) is 0 Å². The van der Waals surface area contributed by atoms with Crippen molar-refractivity contribution in [3.63, 3.8) is 0 Å². The summed E-state index contributed by atoms with van der Waals surface area (Å²) in [6.07, 6.45) is 4.35. The zero-order valence-electron chi connectivity index (χ0n) is 11.8.